The molecular formula is C23H25Cl2N7O3. The van der Waals surface area contributed by atoms with E-state index in [-0.39, 0.29) is 17.4 Å². The van der Waals surface area contributed by atoms with Crippen molar-refractivity contribution in [1.29, 1.82) is 0 Å². The first-order valence-corrected chi connectivity index (χ1v) is 11.8. The molecule has 0 saturated carbocycles. The van der Waals surface area contributed by atoms with Gasteiger partial charge in [0.25, 0.3) is 0 Å². The Morgan fingerprint density at radius 2 is 2.03 bits per heavy atom. The molecule has 184 valence electrons. The van der Waals surface area contributed by atoms with Gasteiger partial charge in [0.15, 0.2) is 0 Å². The molecular weight excluding hydrogens is 493 g/mol. The zero-order chi connectivity index (χ0) is 25.1. The maximum absolute atomic E-state index is 12.9. The largest absolute Gasteiger partial charge is 0.378 e. The summed E-state index contributed by atoms with van der Waals surface area (Å²) in [7, 11) is 1.93. The van der Waals surface area contributed by atoms with E-state index in [2.05, 4.69) is 15.3 Å². The number of halogens is 2. The number of aromatic nitrogens is 2. The zero-order valence-corrected chi connectivity index (χ0v) is 20.6. The molecule has 0 bridgehead atoms. The number of carbonyl (C=O) groups is 1. The minimum absolute atomic E-state index is 0.0228. The predicted octanol–water partition coefficient (Wildman–Crippen LogP) is 4.20. The molecule has 1 aliphatic rings. The average molecular weight is 518 g/mol. The van der Waals surface area contributed by atoms with E-state index in [1.165, 1.54) is 12.1 Å². The molecule has 35 heavy (non-hydrogen) atoms. The second kappa shape index (κ2) is 10.5. The Kier molecular flexibility index (Phi) is 7.44. The predicted molar refractivity (Wildman–Crippen MR) is 138 cm³/mol. The van der Waals surface area contributed by atoms with Crippen LogP contribution in [0.4, 0.5) is 23.0 Å². The van der Waals surface area contributed by atoms with Crippen LogP contribution < -0.4 is 16.0 Å². The van der Waals surface area contributed by atoms with Crippen LogP contribution in [0, 0.1) is 10.1 Å². The van der Waals surface area contributed by atoms with Gasteiger partial charge in [0.1, 0.15) is 5.82 Å². The van der Waals surface area contributed by atoms with Crippen LogP contribution in [0.2, 0.25) is 10.0 Å². The van der Waals surface area contributed by atoms with Crippen LogP contribution in [0.1, 0.15) is 12.1 Å². The van der Waals surface area contributed by atoms with Crippen molar-refractivity contribution in [3.63, 3.8) is 0 Å². The highest BCUT2D eigenvalue weighted by Crippen LogP contribution is 2.39. The van der Waals surface area contributed by atoms with Gasteiger partial charge in [-0.25, -0.2) is 4.98 Å². The molecule has 0 unspecified atom stereocenters. The summed E-state index contributed by atoms with van der Waals surface area (Å²) in [6, 6.07) is 8.17. The van der Waals surface area contributed by atoms with Gasteiger partial charge in [-0.3, -0.25) is 19.8 Å². The number of benzene rings is 1. The van der Waals surface area contributed by atoms with Gasteiger partial charge >= 0.3 is 5.69 Å². The number of aromatic amines is 1. The zero-order valence-electron chi connectivity index (χ0n) is 19.1. The summed E-state index contributed by atoms with van der Waals surface area (Å²) in [6.07, 6.45) is 3.23. The van der Waals surface area contributed by atoms with Crippen molar-refractivity contribution in [2.75, 3.05) is 49.2 Å². The van der Waals surface area contributed by atoms with Gasteiger partial charge in [-0.15, -0.1) is 0 Å². The van der Waals surface area contributed by atoms with E-state index in [0.29, 0.717) is 48.3 Å². The van der Waals surface area contributed by atoms with E-state index in [9.17, 15) is 14.9 Å². The highest BCUT2D eigenvalue weighted by molar-refractivity contribution is 6.36. The molecule has 0 aliphatic carbocycles. The van der Waals surface area contributed by atoms with E-state index in [4.69, 9.17) is 28.9 Å². The van der Waals surface area contributed by atoms with E-state index in [1.54, 1.807) is 12.1 Å². The number of anilines is 3. The van der Waals surface area contributed by atoms with Gasteiger partial charge in [-0.2, -0.15) is 0 Å². The Hall–Kier alpha value is -3.34. The summed E-state index contributed by atoms with van der Waals surface area (Å²) >= 11 is 12.6. The number of pyridine rings is 1. The first kappa shape index (κ1) is 24.8. The molecule has 0 radical (unpaired) electrons. The molecule has 3 heterocycles. The Labute approximate surface area is 212 Å². The normalized spacial score (nSPS) is 14.4. The maximum Gasteiger partial charge on any atom is 0.311 e. The fourth-order valence-electron chi connectivity index (χ4n) is 4.10. The van der Waals surface area contributed by atoms with Crippen LogP contribution in [0.25, 0.3) is 11.1 Å². The molecule has 1 saturated heterocycles. The van der Waals surface area contributed by atoms with Gasteiger partial charge in [0.2, 0.25) is 11.7 Å². The Morgan fingerprint density at radius 3 is 2.71 bits per heavy atom. The van der Waals surface area contributed by atoms with E-state index >= 15 is 0 Å². The van der Waals surface area contributed by atoms with Crippen LogP contribution >= 0.6 is 23.2 Å². The number of nitrogens with zero attached hydrogens (tertiary/aromatic N) is 4. The SMILES string of the molecule is CN1CCN(c2c(-c3ccc(Cl)cc3Cl)c[nH]c2CCCNc2ccc([N+](=O)[O-])c(N)n2)C(=O)C1. The lowest BCUT2D eigenvalue weighted by molar-refractivity contribution is -0.384. The highest BCUT2D eigenvalue weighted by Gasteiger charge is 2.28. The summed E-state index contributed by atoms with van der Waals surface area (Å²) < 4.78 is 0. The molecule has 1 aromatic carbocycles. The molecule has 3 aromatic rings. The second-order valence-electron chi connectivity index (χ2n) is 8.33. The lowest BCUT2D eigenvalue weighted by atomic mass is 10.0. The van der Waals surface area contributed by atoms with Gasteiger partial charge < -0.3 is 20.9 Å². The third-order valence-electron chi connectivity index (χ3n) is 5.84. The third-order valence-corrected chi connectivity index (χ3v) is 6.39. The maximum atomic E-state index is 12.9. The van der Waals surface area contributed by atoms with Crippen molar-refractivity contribution in [3.05, 3.63) is 62.4 Å². The average Bonchev–Trinajstić information content (AvgIpc) is 3.20. The number of nitrogens with one attached hydrogen (secondary N) is 2. The van der Waals surface area contributed by atoms with Gasteiger partial charge in [0, 0.05) is 53.7 Å². The quantitative estimate of drug-likeness (QED) is 0.231. The van der Waals surface area contributed by atoms with Crippen molar-refractivity contribution < 1.29 is 9.72 Å². The van der Waals surface area contributed by atoms with Crippen LogP contribution in [-0.4, -0.2) is 58.9 Å². The number of nitro groups is 1. The molecule has 4 N–H and O–H groups in total. The van der Waals surface area contributed by atoms with Gasteiger partial charge in [0.05, 0.1) is 22.2 Å². The smallest absolute Gasteiger partial charge is 0.311 e. The number of nitrogen functional groups attached to an aromatic ring is 1. The summed E-state index contributed by atoms with van der Waals surface area (Å²) in [5, 5.41) is 15.1. The molecule has 4 rings (SSSR count). The molecule has 0 spiro atoms. The van der Waals surface area contributed by atoms with Crippen molar-refractivity contribution >= 4 is 52.1 Å². The fraction of sp³-hybridized carbons (Fsp3) is 0.304. The van der Waals surface area contributed by atoms with E-state index in [0.717, 1.165) is 29.1 Å². The number of H-pyrrole nitrogens is 1. The lowest BCUT2D eigenvalue weighted by Gasteiger charge is -2.33. The van der Waals surface area contributed by atoms with Crippen molar-refractivity contribution in [2.45, 2.75) is 12.8 Å². The topological polar surface area (TPSA) is 133 Å². The Bertz CT molecular complexity index is 1260. The number of nitrogens with two attached hydrogens (primary N) is 1. The van der Waals surface area contributed by atoms with Gasteiger partial charge in [-0.1, -0.05) is 29.3 Å². The summed E-state index contributed by atoms with van der Waals surface area (Å²) in [5.41, 5.74) is 8.82. The summed E-state index contributed by atoms with van der Waals surface area (Å²) in [4.78, 5) is 34.5. The van der Waals surface area contributed by atoms with Crippen molar-refractivity contribution in [1.82, 2.24) is 14.9 Å². The number of aryl methyl sites for hydroxylation is 1. The molecule has 1 aliphatic heterocycles. The van der Waals surface area contributed by atoms with Crippen LogP contribution in [0.15, 0.2) is 36.5 Å². The first-order chi connectivity index (χ1) is 16.7. The number of piperazine rings is 1. The van der Waals surface area contributed by atoms with E-state index in [1.807, 2.05) is 29.1 Å². The monoisotopic (exact) mass is 517 g/mol. The lowest BCUT2D eigenvalue weighted by Crippen LogP contribution is -2.49. The van der Waals surface area contributed by atoms with E-state index < -0.39 is 4.92 Å². The molecule has 0 atom stereocenters. The first-order valence-electron chi connectivity index (χ1n) is 11.0. The summed E-state index contributed by atoms with van der Waals surface area (Å²) in [5.74, 6) is 0.349. The van der Waals surface area contributed by atoms with Gasteiger partial charge in [-0.05, 0) is 38.1 Å². The van der Waals surface area contributed by atoms with Crippen molar-refractivity contribution in [2.24, 2.45) is 0 Å². The van der Waals surface area contributed by atoms with Crippen LogP contribution in [0.5, 0.6) is 0 Å². The standard InChI is InChI=1S/C23H25Cl2N7O3/c1-30-9-10-31(21(33)13-30)22-16(15-5-4-14(24)11-17(15)25)12-28-18(22)3-2-8-27-20-7-6-19(32(34)35)23(26)29-20/h4-7,11-12,28H,2-3,8-10,13H2,1H3,(H3,26,27,29). The van der Waals surface area contributed by atoms with Crippen molar-refractivity contribution in [3.8, 4) is 11.1 Å². The Balaban J connectivity index is 1.53. The Morgan fingerprint density at radius 1 is 1.23 bits per heavy atom. The molecule has 10 nitrogen and oxygen atoms in total. The van der Waals surface area contributed by atoms with Crippen LogP contribution in [0.3, 0.4) is 0 Å². The number of likely N-dealkylation sites (N-methyl/N-ethyl adjacent to an activating group) is 1. The number of hydrogen-bond donors (Lipinski definition) is 3. The highest BCUT2D eigenvalue weighted by atomic mass is 35.5. The number of rotatable bonds is 8. The van der Waals surface area contributed by atoms with Crippen LogP contribution in [-0.2, 0) is 11.2 Å². The second-order valence-corrected chi connectivity index (χ2v) is 9.17. The minimum atomic E-state index is -0.566. The number of carbonyl (C=O) groups excluding carboxylic acids is 1. The molecule has 2 aromatic heterocycles. The number of hydrogen-bond acceptors (Lipinski definition) is 7. The number of amides is 1. The summed E-state index contributed by atoms with van der Waals surface area (Å²) in [6.45, 7) is 2.23. The third kappa shape index (κ3) is 5.50. The molecule has 1 fully saturated rings. The molecule has 12 heteroatoms. The minimum Gasteiger partial charge on any atom is -0.378 e. The fourth-order valence-corrected chi connectivity index (χ4v) is 4.61. The molecule has 1 amide bonds.